The maximum atomic E-state index is 10.9. The number of carboxylic acid groups (broad SMARTS) is 1. The second kappa shape index (κ2) is 7.25. The maximum Gasteiger partial charge on any atom is 0.332 e. The lowest BCUT2D eigenvalue weighted by atomic mass is 9.81. The fraction of sp³-hybridized carbons (Fsp3) is 0.471. The smallest absolute Gasteiger partial charge is 0.332 e. The van der Waals surface area contributed by atoms with Gasteiger partial charge in [0.15, 0.2) is 0 Å². The van der Waals surface area contributed by atoms with Crippen LogP contribution in [0.25, 0.3) is 0 Å². The van der Waals surface area contributed by atoms with E-state index >= 15 is 0 Å². The highest BCUT2D eigenvalue weighted by Crippen LogP contribution is 2.34. The number of rotatable bonds is 6. The quantitative estimate of drug-likeness (QED) is 0.779. The van der Waals surface area contributed by atoms with Crippen LogP contribution in [0.15, 0.2) is 42.5 Å². The first-order valence-electron chi connectivity index (χ1n) is 7.38. The second-order valence-corrected chi connectivity index (χ2v) is 5.58. The topological polar surface area (TPSA) is 49.3 Å². The van der Waals surface area contributed by atoms with E-state index in [0.29, 0.717) is 12.5 Å². The monoisotopic (exact) mass is 273 g/mol. The molecule has 2 rings (SSSR count). The Balaban J connectivity index is 2.07. The van der Waals surface area contributed by atoms with E-state index in [-0.39, 0.29) is 11.6 Å². The van der Waals surface area contributed by atoms with Gasteiger partial charge in [-0.3, -0.25) is 0 Å². The van der Waals surface area contributed by atoms with Crippen LogP contribution >= 0.6 is 0 Å². The van der Waals surface area contributed by atoms with Crippen molar-refractivity contribution in [3.63, 3.8) is 0 Å². The highest BCUT2D eigenvalue weighted by Gasteiger charge is 2.25. The molecule has 0 saturated heterocycles. The summed E-state index contributed by atoms with van der Waals surface area (Å²) in [6.45, 7) is 3.94. The van der Waals surface area contributed by atoms with Crippen molar-refractivity contribution in [2.24, 2.45) is 5.92 Å². The van der Waals surface area contributed by atoms with Gasteiger partial charge in [0.2, 0.25) is 0 Å². The third kappa shape index (κ3) is 3.94. The van der Waals surface area contributed by atoms with E-state index in [1.807, 2.05) is 18.2 Å². The first-order chi connectivity index (χ1) is 9.68. The third-order valence-electron chi connectivity index (χ3n) is 4.12. The third-order valence-corrected chi connectivity index (χ3v) is 4.12. The number of carbonyl (C=O) groups is 1. The number of hydrogen-bond acceptors (Lipinski definition) is 2. The molecule has 1 aliphatic carbocycles. The van der Waals surface area contributed by atoms with Crippen LogP contribution in [0.4, 0.5) is 0 Å². The molecule has 0 spiro atoms. The fourth-order valence-electron chi connectivity index (χ4n) is 2.99. The molecule has 3 heteroatoms. The number of hydrogen-bond donors (Lipinski definition) is 2. The number of carboxylic acids is 1. The molecule has 1 aromatic carbocycles. The molecular weight excluding hydrogens is 250 g/mol. The Morgan fingerprint density at radius 1 is 1.25 bits per heavy atom. The second-order valence-electron chi connectivity index (χ2n) is 5.58. The van der Waals surface area contributed by atoms with Gasteiger partial charge in [-0.05, 0) is 24.3 Å². The SMILES string of the molecule is C=C(CNC(c1ccccc1)C1CCCCC1)C(=O)O. The summed E-state index contributed by atoms with van der Waals surface area (Å²) in [5, 5.41) is 12.3. The van der Waals surface area contributed by atoms with Crippen molar-refractivity contribution in [3.05, 3.63) is 48.0 Å². The number of benzene rings is 1. The van der Waals surface area contributed by atoms with E-state index < -0.39 is 5.97 Å². The van der Waals surface area contributed by atoms with Crippen molar-refractivity contribution in [3.8, 4) is 0 Å². The summed E-state index contributed by atoms with van der Waals surface area (Å²) in [6, 6.07) is 10.6. The summed E-state index contributed by atoms with van der Waals surface area (Å²) < 4.78 is 0. The molecule has 3 nitrogen and oxygen atoms in total. The largest absolute Gasteiger partial charge is 0.478 e. The zero-order chi connectivity index (χ0) is 14.4. The van der Waals surface area contributed by atoms with Gasteiger partial charge in [0, 0.05) is 18.2 Å². The molecule has 1 aromatic rings. The van der Waals surface area contributed by atoms with E-state index in [1.54, 1.807) is 0 Å². The van der Waals surface area contributed by atoms with Gasteiger partial charge in [0.25, 0.3) is 0 Å². The molecule has 0 heterocycles. The van der Waals surface area contributed by atoms with E-state index in [9.17, 15) is 4.79 Å². The van der Waals surface area contributed by atoms with Crippen molar-refractivity contribution in [2.45, 2.75) is 38.1 Å². The van der Waals surface area contributed by atoms with Crippen LogP contribution in [0.1, 0.15) is 43.7 Å². The zero-order valence-corrected chi connectivity index (χ0v) is 11.8. The van der Waals surface area contributed by atoms with Crippen molar-refractivity contribution in [1.82, 2.24) is 5.32 Å². The van der Waals surface area contributed by atoms with Crippen LogP contribution in [0, 0.1) is 5.92 Å². The van der Waals surface area contributed by atoms with Gasteiger partial charge in [-0.2, -0.15) is 0 Å². The van der Waals surface area contributed by atoms with E-state index in [4.69, 9.17) is 5.11 Å². The molecule has 0 aromatic heterocycles. The lowest BCUT2D eigenvalue weighted by Gasteiger charge is -2.31. The molecule has 1 saturated carbocycles. The summed E-state index contributed by atoms with van der Waals surface area (Å²) in [6.07, 6.45) is 6.29. The average Bonchev–Trinajstić information content (AvgIpc) is 2.49. The Labute approximate surface area is 120 Å². The molecular formula is C17H23NO2. The van der Waals surface area contributed by atoms with Gasteiger partial charge in [-0.1, -0.05) is 56.2 Å². The summed E-state index contributed by atoms with van der Waals surface area (Å²) in [4.78, 5) is 10.9. The van der Waals surface area contributed by atoms with Crippen molar-refractivity contribution >= 4 is 5.97 Å². The lowest BCUT2D eigenvalue weighted by Crippen LogP contribution is -2.32. The maximum absolute atomic E-state index is 10.9. The molecule has 2 N–H and O–H groups in total. The lowest BCUT2D eigenvalue weighted by molar-refractivity contribution is -0.132. The van der Waals surface area contributed by atoms with Gasteiger partial charge >= 0.3 is 5.97 Å². The van der Waals surface area contributed by atoms with Gasteiger partial charge < -0.3 is 10.4 Å². The van der Waals surface area contributed by atoms with Crippen LogP contribution in [-0.2, 0) is 4.79 Å². The van der Waals surface area contributed by atoms with Gasteiger partial charge in [0.1, 0.15) is 0 Å². The molecule has 1 unspecified atom stereocenters. The van der Waals surface area contributed by atoms with E-state index in [2.05, 4.69) is 24.0 Å². The van der Waals surface area contributed by atoms with Crippen molar-refractivity contribution in [1.29, 1.82) is 0 Å². The summed E-state index contributed by atoms with van der Waals surface area (Å²) >= 11 is 0. The summed E-state index contributed by atoms with van der Waals surface area (Å²) in [5.41, 5.74) is 1.47. The number of nitrogens with one attached hydrogen (secondary N) is 1. The van der Waals surface area contributed by atoms with Gasteiger partial charge in [0.05, 0.1) is 0 Å². The van der Waals surface area contributed by atoms with Gasteiger partial charge in [-0.15, -0.1) is 0 Å². The normalized spacial score (nSPS) is 17.6. The molecule has 108 valence electrons. The van der Waals surface area contributed by atoms with Crippen LogP contribution in [0.5, 0.6) is 0 Å². The minimum Gasteiger partial charge on any atom is -0.478 e. The summed E-state index contributed by atoms with van der Waals surface area (Å²) in [7, 11) is 0. The summed E-state index contributed by atoms with van der Waals surface area (Å²) in [5.74, 6) is -0.333. The highest BCUT2D eigenvalue weighted by atomic mass is 16.4. The first-order valence-corrected chi connectivity index (χ1v) is 7.38. The molecule has 0 radical (unpaired) electrons. The number of aliphatic carboxylic acids is 1. The standard InChI is InChI=1S/C17H23NO2/c1-13(17(19)20)12-18-16(14-8-4-2-5-9-14)15-10-6-3-7-11-15/h2,4-5,8-9,15-16,18H,1,3,6-7,10-12H2,(H,19,20). The zero-order valence-electron chi connectivity index (χ0n) is 11.8. The predicted molar refractivity (Wildman–Crippen MR) is 80.5 cm³/mol. The van der Waals surface area contributed by atoms with Crippen LogP contribution in [0.3, 0.4) is 0 Å². The Bertz CT molecular complexity index is 449. The molecule has 1 atom stereocenters. The Morgan fingerprint density at radius 3 is 2.50 bits per heavy atom. The molecule has 20 heavy (non-hydrogen) atoms. The fourth-order valence-corrected chi connectivity index (χ4v) is 2.99. The molecule has 0 amide bonds. The average molecular weight is 273 g/mol. The van der Waals surface area contributed by atoms with Crippen LogP contribution < -0.4 is 5.32 Å². The van der Waals surface area contributed by atoms with Crippen molar-refractivity contribution in [2.75, 3.05) is 6.54 Å². The molecule has 0 bridgehead atoms. The Morgan fingerprint density at radius 2 is 1.90 bits per heavy atom. The highest BCUT2D eigenvalue weighted by molar-refractivity contribution is 5.86. The minimum absolute atomic E-state index is 0.224. The van der Waals surface area contributed by atoms with Crippen LogP contribution in [-0.4, -0.2) is 17.6 Å². The van der Waals surface area contributed by atoms with E-state index in [0.717, 1.165) is 0 Å². The molecule has 1 fully saturated rings. The van der Waals surface area contributed by atoms with Gasteiger partial charge in [-0.25, -0.2) is 4.79 Å². The molecule has 0 aliphatic heterocycles. The predicted octanol–water partition coefficient (Wildman–Crippen LogP) is 3.54. The Kier molecular flexibility index (Phi) is 5.36. The Hall–Kier alpha value is -1.61. The molecule has 1 aliphatic rings. The van der Waals surface area contributed by atoms with E-state index in [1.165, 1.54) is 37.7 Å². The first kappa shape index (κ1) is 14.8. The van der Waals surface area contributed by atoms with Crippen LogP contribution in [0.2, 0.25) is 0 Å². The van der Waals surface area contributed by atoms with Crippen molar-refractivity contribution < 1.29 is 9.90 Å². The minimum atomic E-state index is -0.923.